The molecule has 0 amide bonds. The van der Waals surface area contributed by atoms with Crippen LogP contribution in [0.15, 0.2) is 30.5 Å². The lowest BCUT2D eigenvalue weighted by atomic mass is 10.2. The number of rotatable bonds is 2. The first-order valence-corrected chi connectivity index (χ1v) is 4.38. The maximum atomic E-state index is 10.6. The Hall–Kier alpha value is -2.01. The summed E-state index contributed by atoms with van der Waals surface area (Å²) in [6, 6.07) is 6.10. The average molecular weight is 203 g/mol. The van der Waals surface area contributed by atoms with E-state index in [0.29, 0.717) is 5.52 Å². The summed E-state index contributed by atoms with van der Waals surface area (Å²) in [6.45, 7) is 0. The predicted octanol–water partition coefficient (Wildman–Crippen LogP) is 0.714. The van der Waals surface area contributed by atoms with E-state index in [1.165, 1.54) is 6.20 Å². The number of hydrogen-bond acceptors (Lipinski definition) is 4. The fourth-order valence-electron chi connectivity index (χ4n) is 1.25. The van der Waals surface area contributed by atoms with Crippen LogP contribution in [0.25, 0.3) is 11.0 Å². The quantitative estimate of drug-likeness (QED) is 0.750. The highest BCUT2D eigenvalue weighted by Crippen LogP contribution is 2.12. The number of aliphatic carboxylic acids is 1. The van der Waals surface area contributed by atoms with E-state index in [1.54, 1.807) is 12.1 Å². The van der Waals surface area contributed by atoms with Gasteiger partial charge in [0.15, 0.2) is 0 Å². The third kappa shape index (κ3) is 1.77. The summed E-state index contributed by atoms with van der Waals surface area (Å²) in [7, 11) is 0. The summed E-state index contributed by atoms with van der Waals surface area (Å²) >= 11 is 0. The number of aromatic nitrogens is 2. The first-order valence-electron chi connectivity index (χ1n) is 4.38. The number of carboxylic acids is 1. The van der Waals surface area contributed by atoms with Gasteiger partial charge in [0.05, 0.1) is 22.9 Å². The van der Waals surface area contributed by atoms with E-state index in [1.807, 2.05) is 12.1 Å². The zero-order valence-corrected chi connectivity index (χ0v) is 7.79. The van der Waals surface area contributed by atoms with Gasteiger partial charge in [-0.15, -0.1) is 0 Å². The summed E-state index contributed by atoms with van der Waals surface area (Å²) < 4.78 is 0. The number of para-hydroxylation sites is 2. The molecule has 0 fully saturated rings. The Morgan fingerprint density at radius 1 is 1.33 bits per heavy atom. The molecule has 5 nitrogen and oxygen atoms in total. The van der Waals surface area contributed by atoms with Crippen LogP contribution >= 0.6 is 0 Å². The second kappa shape index (κ2) is 3.62. The number of carboxylic acid groups (broad SMARTS) is 1. The Bertz CT molecular complexity index is 513. The van der Waals surface area contributed by atoms with Crippen LogP contribution < -0.4 is 5.73 Å². The molecule has 0 saturated heterocycles. The van der Waals surface area contributed by atoms with E-state index >= 15 is 0 Å². The van der Waals surface area contributed by atoms with Crippen LogP contribution in [0, 0.1) is 0 Å². The predicted molar refractivity (Wildman–Crippen MR) is 54.1 cm³/mol. The minimum Gasteiger partial charge on any atom is -0.480 e. The highest BCUT2D eigenvalue weighted by Gasteiger charge is 2.16. The molecule has 0 radical (unpaired) electrons. The largest absolute Gasteiger partial charge is 0.480 e. The van der Waals surface area contributed by atoms with Gasteiger partial charge in [-0.3, -0.25) is 9.78 Å². The van der Waals surface area contributed by atoms with Crippen LogP contribution in [-0.4, -0.2) is 21.0 Å². The molecule has 0 saturated carbocycles. The second-order valence-corrected chi connectivity index (χ2v) is 3.10. The van der Waals surface area contributed by atoms with Gasteiger partial charge in [0, 0.05) is 0 Å². The Balaban J connectivity index is 2.51. The summed E-state index contributed by atoms with van der Waals surface area (Å²) in [4.78, 5) is 18.8. The topological polar surface area (TPSA) is 89.1 Å². The second-order valence-electron chi connectivity index (χ2n) is 3.10. The van der Waals surface area contributed by atoms with Gasteiger partial charge >= 0.3 is 5.97 Å². The summed E-state index contributed by atoms with van der Waals surface area (Å²) in [5, 5.41) is 8.71. The lowest BCUT2D eigenvalue weighted by Gasteiger charge is -2.05. The van der Waals surface area contributed by atoms with Gasteiger partial charge in [-0.25, -0.2) is 4.98 Å². The Kier molecular flexibility index (Phi) is 2.31. The highest BCUT2D eigenvalue weighted by molar-refractivity contribution is 5.77. The van der Waals surface area contributed by atoms with Gasteiger partial charge in [0.25, 0.3) is 0 Å². The van der Waals surface area contributed by atoms with Crippen molar-refractivity contribution in [1.82, 2.24) is 9.97 Å². The van der Waals surface area contributed by atoms with Crippen LogP contribution in [0.2, 0.25) is 0 Å². The Morgan fingerprint density at radius 2 is 2.00 bits per heavy atom. The van der Waals surface area contributed by atoms with E-state index in [4.69, 9.17) is 10.8 Å². The normalized spacial score (nSPS) is 12.6. The molecule has 2 aromatic rings. The molecule has 2 rings (SSSR count). The van der Waals surface area contributed by atoms with E-state index in [2.05, 4.69) is 9.97 Å². The molecule has 0 aliphatic carbocycles. The van der Waals surface area contributed by atoms with Crippen LogP contribution in [0.1, 0.15) is 11.7 Å². The molecule has 1 aromatic carbocycles. The number of benzene rings is 1. The number of carbonyl (C=O) groups is 1. The van der Waals surface area contributed by atoms with E-state index < -0.39 is 12.0 Å². The number of hydrogen-bond donors (Lipinski definition) is 2. The van der Waals surface area contributed by atoms with Crippen molar-refractivity contribution in [2.45, 2.75) is 6.04 Å². The molecule has 0 aliphatic heterocycles. The van der Waals surface area contributed by atoms with E-state index in [0.717, 1.165) is 5.52 Å². The summed E-state index contributed by atoms with van der Waals surface area (Å²) in [5.41, 5.74) is 7.06. The maximum absolute atomic E-state index is 10.6. The molecule has 3 N–H and O–H groups in total. The molecule has 0 bridgehead atoms. The SMILES string of the molecule is NC(C(=O)O)c1cnc2ccccc2n1. The highest BCUT2D eigenvalue weighted by atomic mass is 16.4. The van der Waals surface area contributed by atoms with Gasteiger partial charge in [-0.1, -0.05) is 12.1 Å². The average Bonchev–Trinajstić information content (AvgIpc) is 2.27. The van der Waals surface area contributed by atoms with Crippen molar-refractivity contribution in [2.75, 3.05) is 0 Å². The summed E-state index contributed by atoms with van der Waals surface area (Å²) in [5.74, 6) is -1.11. The standard InChI is InChI=1S/C10H9N3O2/c11-9(10(14)15)8-5-12-6-3-1-2-4-7(6)13-8/h1-5,9H,11H2,(H,14,15). The van der Waals surface area contributed by atoms with E-state index in [9.17, 15) is 4.79 Å². The Labute approximate surface area is 85.6 Å². The van der Waals surface area contributed by atoms with E-state index in [-0.39, 0.29) is 5.69 Å². The first-order chi connectivity index (χ1) is 7.18. The van der Waals surface area contributed by atoms with Crippen LogP contribution in [0.4, 0.5) is 0 Å². The van der Waals surface area contributed by atoms with Crippen molar-refractivity contribution in [2.24, 2.45) is 5.73 Å². The monoisotopic (exact) mass is 203 g/mol. The van der Waals surface area contributed by atoms with Gasteiger partial charge < -0.3 is 10.8 Å². The fraction of sp³-hybridized carbons (Fsp3) is 0.100. The molecule has 0 spiro atoms. The van der Waals surface area contributed by atoms with Gasteiger partial charge in [-0.05, 0) is 12.1 Å². The van der Waals surface area contributed by atoms with Gasteiger partial charge in [0.1, 0.15) is 6.04 Å². The minimum atomic E-state index is -1.12. The molecule has 5 heteroatoms. The van der Waals surface area contributed by atoms with Crippen LogP contribution in [0.3, 0.4) is 0 Å². The van der Waals surface area contributed by atoms with Crippen molar-refractivity contribution in [3.05, 3.63) is 36.2 Å². The van der Waals surface area contributed by atoms with Gasteiger partial charge in [0.2, 0.25) is 0 Å². The molecule has 0 aliphatic rings. The van der Waals surface area contributed by atoms with Gasteiger partial charge in [-0.2, -0.15) is 0 Å². The zero-order valence-electron chi connectivity index (χ0n) is 7.79. The molecular formula is C10H9N3O2. The molecular weight excluding hydrogens is 194 g/mol. The molecule has 1 atom stereocenters. The van der Waals surface area contributed by atoms with Crippen molar-refractivity contribution in [3.63, 3.8) is 0 Å². The number of nitrogens with two attached hydrogens (primary N) is 1. The first kappa shape index (κ1) is 9.54. The number of fused-ring (bicyclic) bond motifs is 1. The molecule has 1 unspecified atom stereocenters. The van der Waals surface area contributed by atoms with Crippen molar-refractivity contribution in [3.8, 4) is 0 Å². The number of nitrogens with zero attached hydrogens (tertiary/aromatic N) is 2. The molecule has 76 valence electrons. The fourth-order valence-corrected chi connectivity index (χ4v) is 1.25. The van der Waals surface area contributed by atoms with Crippen molar-refractivity contribution in [1.29, 1.82) is 0 Å². The molecule has 1 aromatic heterocycles. The molecule has 15 heavy (non-hydrogen) atoms. The third-order valence-corrected chi connectivity index (χ3v) is 2.05. The third-order valence-electron chi connectivity index (χ3n) is 2.05. The Morgan fingerprint density at radius 3 is 2.67 bits per heavy atom. The van der Waals surface area contributed by atoms with Crippen LogP contribution in [0.5, 0.6) is 0 Å². The van der Waals surface area contributed by atoms with Crippen molar-refractivity contribution < 1.29 is 9.90 Å². The molecule has 1 heterocycles. The lowest BCUT2D eigenvalue weighted by molar-refractivity contribution is -0.138. The summed E-state index contributed by atoms with van der Waals surface area (Å²) in [6.07, 6.45) is 1.39. The maximum Gasteiger partial charge on any atom is 0.326 e. The lowest BCUT2D eigenvalue weighted by Crippen LogP contribution is -2.22. The van der Waals surface area contributed by atoms with Crippen molar-refractivity contribution >= 4 is 17.0 Å². The van der Waals surface area contributed by atoms with Crippen LogP contribution in [-0.2, 0) is 4.79 Å². The smallest absolute Gasteiger partial charge is 0.326 e. The zero-order chi connectivity index (χ0) is 10.8. The minimum absolute atomic E-state index is 0.265.